The van der Waals surface area contributed by atoms with Crippen LogP contribution in [0.4, 0.5) is 9.18 Å². The minimum atomic E-state index is -1.59. The number of amides is 2. The van der Waals surface area contributed by atoms with Crippen molar-refractivity contribution in [2.75, 3.05) is 0 Å². The van der Waals surface area contributed by atoms with Gasteiger partial charge >= 0.3 is 6.09 Å². The average Bonchev–Trinajstić information content (AvgIpc) is 2.37. The summed E-state index contributed by atoms with van der Waals surface area (Å²) in [5.41, 5.74) is 4.98. The smallest absolute Gasteiger partial charge is 0.407 e. The molecule has 22 heavy (non-hydrogen) atoms. The fourth-order valence-electron chi connectivity index (χ4n) is 1.77. The highest BCUT2D eigenvalue weighted by Crippen LogP contribution is 2.11. The van der Waals surface area contributed by atoms with E-state index in [0.717, 1.165) is 0 Å². The van der Waals surface area contributed by atoms with Crippen molar-refractivity contribution < 1.29 is 23.8 Å². The maximum Gasteiger partial charge on any atom is 0.407 e. The number of aliphatic hydroxyl groups is 1. The number of hydrogen-bond donors (Lipinski definition) is 3. The summed E-state index contributed by atoms with van der Waals surface area (Å²) in [5.74, 6) is -1.38. The van der Waals surface area contributed by atoms with E-state index in [9.17, 15) is 19.1 Å². The molecule has 122 valence electrons. The lowest BCUT2D eigenvalue weighted by molar-refractivity contribution is -0.127. The minimum absolute atomic E-state index is 0.101. The first-order valence-corrected chi connectivity index (χ1v) is 6.80. The van der Waals surface area contributed by atoms with Gasteiger partial charge in [-0.2, -0.15) is 0 Å². The molecule has 0 spiro atoms. The molecule has 7 heteroatoms. The number of primary amides is 1. The van der Waals surface area contributed by atoms with Gasteiger partial charge in [0.15, 0.2) is 6.10 Å². The average molecular weight is 312 g/mol. The van der Waals surface area contributed by atoms with Gasteiger partial charge in [-0.15, -0.1) is 0 Å². The van der Waals surface area contributed by atoms with Crippen LogP contribution in [0.25, 0.3) is 0 Å². The number of hydrogen-bond acceptors (Lipinski definition) is 4. The first-order valence-electron chi connectivity index (χ1n) is 6.80. The maximum absolute atomic E-state index is 12.9. The van der Waals surface area contributed by atoms with Crippen molar-refractivity contribution >= 4 is 12.0 Å². The Bertz CT molecular complexity index is 525. The standard InChI is InChI=1S/C15H21FN2O4/c1-15(2,3)22-14(21)18-11(12(19)13(17)20)8-9-4-6-10(16)7-5-9/h4-7,11-12,19H,8H2,1-3H3,(H2,17,20)(H,18,21)/t11-,12?/m0/s1. The maximum atomic E-state index is 12.9. The highest BCUT2D eigenvalue weighted by molar-refractivity contribution is 5.80. The Hall–Kier alpha value is -2.15. The van der Waals surface area contributed by atoms with Crippen LogP contribution in [-0.2, 0) is 16.0 Å². The Morgan fingerprint density at radius 3 is 2.32 bits per heavy atom. The van der Waals surface area contributed by atoms with E-state index in [4.69, 9.17) is 10.5 Å². The zero-order chi connectivity index (χ0) is 16.9. The largest absolute Gasteiger partial charge is 0.444 e. The summed E-state index contributed by atoms with van der Waals surface area (Å²) in [7, 11) is 0. The Morgan fingerprint density at radius 2 is 1.86 bits per heavy atom. The van der Waals surface area contributed by atoms with Crippen LogP contribution in [0.15, 0.2) is 24.3 Å². The highest BCUT2D eigenvalue weighted by atomic mass is 19.1. The molecular formula is C15H21FN2O4. The number of halogens is 1. The van der Waals surface area contributed by atoms with Crippen LogP contribution in [0.2, 0.25) is 0 Å². The van der Waals surface area contributed by atoms with Gasteiger partial charge in [0, 0.05) is 0 Å². The molecule has 0 heterocycles. The second-order valence-corrected chi connectivity index (χ2v) is 5.93. The molecule has 1 rings (SSSR count). The molecule has 4 N–H and O–H groups in total. The van der Waals surface area contributed by atoms with Crippen LogP contribution in [-0.4, -0.2) is 34.9 Å². The third kappa shape index (κ3) is 6.09. The van der Waals surface area contributed by atoms with Crippen LogP contribution in [0.1, 0.15) is 26.3 Å². The van der Waals surface area contributed by atoms with E-state index in [1.807, 2.05) is 0 Å². The predicted octanol–water partition coefficient (Wildman–Crippen LogP) is 1.11. The summed E-state index contributed by atoms with van der Waals surface area (Å²) in [5, 5.41) is 12.2. The van der Waals surface area contributed by atoms with Crippen LogP contribution >= 0.6 is 0 Å². The summed E-state index contributed by atoms with van der Waals surface area (Å²) in [6.45, 7) is 5.06. The molecule has 0 bridgehead atoms. The molecule has 2 amide bonds. The Morgan fingerprint density at radius 1 is 1.32 bits per heavy atom. The zero-order valence-electron chi connectivity index (χ0n) is 12.8. The summed E-state index contributed by atoms with van der Waals surface area (Å²) in [6, 6.07) is 4.50. The van der Waals surface area contributed by atoms with E-state index in [1.54, 1.807) is 20.8 Å². The number of ether oxygens (including phenoxy) is 1. The number of rotatable bonds is 5. The molecule has 0 aliphatic rings. The Labute approximate surface area is 128 Å². The van der Waals surface area contributed by atoms with Gasteiger partial charge in [-0.25, -0.2) is 9.18 Å². The number of aliphatic hydroxyl groups excluding tert-OH is 1. The molecule has 1 aromatic carbocycles. The van der Waals surface area contributed by atoms with Crippen molar-refractivity contribution in [2.24, 2.45) is 5.73 Å². The van der Waals surface area contributed by atoms with Gasteiger partial charge in [0.05, 0.1) is 6.04 Å². The monoisotopic (exact) mass is 312 g/mol. The third-order valence-electron chi connectivity index (χ3n) is 2.74. The van der Waals surface area contributed by atoms with E-state index >= 15 is 0 Å². The lowest BCUT2D eigenvalue weighted by atomic mass is 10.0. The van der Waals surface area contributed by atoms with Crippen LogP contribution in [0.3, 0.4) is 0 Å². The second kappa shape index (κ2) is 7.22. The van der Waals surface area contributed by atoms with E-state index in [2.05, 4.69) is 5.32 Å². The van der Waals surface area contributed by atoms with Crippen molar-refractivity contribution in [3.63, 3.8) is 0 Å². The van der Waals surface area contributed by atoms with Crippen molar-refractivity contribution in [3.8, 4) is 0 Å². The van der Waals surface area contributed by atoms with Gasteiger partial charge in [-0.05, 0) is 44.9 Å². The van der Waals surface area contributed by atoms with Gasteiger partial charge < -0.3 is 20.9 Å². The molecule has 0 radical (unpaired) electrons. The number of nitrogens with one attached hydrogen (secondary N) is 1. The minimum Gasteiger partial charge on any atom is -0.444 e. The molecular weight excluding hydrogens is 291 g/mol. The second-order valence-electron chi connectivity index (χ2n) is 5.93. The molecule has 0 fully saturated rings. The number of carbonyl (C=O) groups excluding carboxylic acids is 2. The molecule has 6 nitrogen and oxygen atoms in total. The number of carbonyl (C=O) groups is 2. The van der Waals surface area contributed by atoms with Crippen LogP contribution in [0.5, 0.6) is 0 Å². The number of benzene rings is 1. The summed E-state index contributed by atoms with van der Waals surface area (Å²) >= 11 is 0. The molecule has 0 aliphatic carbocycles. The van der Waals surface area contributed by atoms with Gasteiger partial charge in [0.2, 0.25) is 5.91 Å². The van der Waals surface area contributed by atoms with E-state index < -0.39 is 35.6 Å². The summed E-state index contributed by atoms with van der Waals surface area (Å²) in [4.78, 5) is 23.0. The normalized spacial score (nSPS) is 14.0. The van der Waals surface area contributed by atoms with Gasteiger partial charge in [-0.1, -0.05) is 12.1 Å². The number of nitrogens with two attached hydrogens (primary N) is 1. The zero-order valence-corrected chi connectivity index (χ0v) is 12.8. The topological polar surface area (TPSA) is 102 Å². The van der Waals surface area contributed by atoms with Gasteiger partial charge in [0.25, 0.3) is 0 Å². The first-order chi connectivity index (χ1) is 10.1. The molecule has 0 saturated heterocycles. The highest BCUT2D eigenvalue weighted by Gasteiger charge is 2.28. The molecule has 1 aromatic rings. The van der Waals surface area contributed by atoms with Gasteiger partial charge in [0.1, 0.15) is 11.4 Å². The third-order valence-corrected chi connectivity index (χ3v) is 2.74. The molecule has 2 atom stereocenters. The fourth-order valence-corrected chi connectivity index (χ4v) is 1.77. The lowest BCUT2D eigenvalue weighted by Crippen LogP contribution is -2.51. The molecule has 0 aliphatic heterocycles. The van der Waals surface area contributed by atoms with Crippen molar-refractivity contribution in [3.05, 3.63) is 35.6 Å². The molecule has 0 aromatic heterocycles. The Balaban J connectivity index is 2.82. The summed E-state index contributed by atoms with van der Waals surface area (Å²) in [6.07, 6.45) is -2.26. The SMILES string of the molecule is CC(C)(C)OC(=O)N[C@@H](Cc1ccc(F)cc1)C(O)C(N)=O. The quantitative estimate of drug-likeness (QED) is 0.758. The molecule has 1 unspecified atom stereocenters. The van der Waals surface area contributed by atoms with Gasteiger partial charge in [-0.3, -0.25) is 4.79 Å². The van der Waals surface area contributed by atoms with Crippen molar-refractivity contribution in [1.29, 1.82) is 0 Å². The van der Waals surface area contributed by atoms with Crippen molar-refractivity contribution in [1.82, 2.24) is 5.32 Å². The van der Waals surface area contributed by atoms with E-state index in [-0.39, 0.29) is 6.42 Å². The summed E-state index contributed by atoms with van der Waals surface area (Å²) < 4.78 is 18.0. The van der Waals surface area contributed by atoms with Crippen LogP contribution < -0.4 is 11.1 Å². The predicted molar refractivity (Wildman–Crippen MR) is 78.5 cm³/mol. The molecule has 0 saturated carbocycles. The fraction of sp³-hybridized carbons (Fsp3) is 0.467. The van der Waals surface area contributed by atoms with E-state index in [1.165, 1.54) is 24.3 Å². The first kappa shape index (κ1) is 17.9. The van der Waals surface area contributed by atoms with E-state index in [0.29, 0.717) is 5.56 Å². The van der Waals surface area contributed by atoms with Crippen LogP contribution in [0, 0.1) is 5.82 Å². The number of alkyl carbamates (subject to hydrolysis) is 1. The van der Waals surface area contributed by atoms with Crippen molar-refractivity contribution in [2.45, 2.75) is 44.9 Å². The lowest BCUT2D eigenvalue weighted by Gasteiger charge is -2.25. The Kier molecular flexibility index (Phi) is 5.87.